The average Bonchev–Trinajstić information content (AvgIpc) is 3.19. The summed E-state index contributed by atoms with van der Waals surface area (Å²) in [5.74, 6) is 1.68. The Kier molecular flexibility index (Phi) is 5.75. The maximum atomic E-state index is 10.2. The Morgan fingerprint density at radius 2 is 2.16 bits per heavy atom. The van der Waals surface area contributed by atoms with Crippen LogP contribution in [0.25, 0.3) is 10.9 Å². The molecule has 32 heavy (non-hydrogen) atoms. The molecule has 3 aromatic heterocycles. The van der Waals surface area contributed by atoms with Crippen molar-refractivity contribution in [2.24, 2.45) is 0 Å². The van der Waals surface area contributed by atoms with Crippen molar-refractivity contribution in [3.63, 3.8) is 0 Å². The molecule has 3 N–H and O–H groups in total. The molecule has 0 radical (unpaired) electrons. The lowest BCUT2D eigenvalue weighted by Crippen LogP contribution is -2.28. The summed E-state index contributed by atoms with van der Waals surface area (Å²) in [6.45, 7) is 4.32. The van der Waals surface area contributed by atoms with E-state index in [-0.39, 0.29) is 12.1 Å². The monoisotopic (exact) mass is 435 g/mol. The third kappa shape index (κ3) is 4.18. The number of aliphatic hydroxyl groups is 1. The minimum absolute atomic E-state index is 0.00846. The van der Waals surface area contributed by atoms with Crippen LogP contribution in [0.5, 0.6) is 5.88 Å². The molecular weight excluding hydrogens is 406 g/mol. The van der Waals surface area contributed by atoms with E-state index in [9.17, 15) is 5.11 Å². The normalized spacial score (nSPS) is 20.8. The van der Waals surface area contributed by atoms with Crippen molar-refractivity contribution < 1.29 is 9.84 Å². The van der Waals surface area contributed by atoms with Gasteiger partial charge in [-0.25, -0.2) is 19.9 Å². The Hall–Kier alpha value is -3.04. The van der Waals surface area contributed by atoms with Crippen LogP contribution >= 0.6 is 0 Å². The van der Waals surface area contributed by atoms with Crippen LogP contribution in [0.4, 0.5) is 17.5 Å². The lowest BCUT2D eigenvalue weighted by molar-refractivity contribution is 0.171. The molecular formula is C23H29N7O2. The zero-order chi connectivity index (χ0) is 22.1. The van der Waals surface area contributed by atoms with Crippen LogP contribution < -0.4 is 15.4 Å². The van der Waals surface area contributed by atoms with Gasteiger partial charge in [-0.3, -0.25) is 0 Å². The van der Waals surface area contributed by atoms with E-state index in [2.05, 4.69) is 38.6 Å². The molecule has 1 aliphatic heterocycles. The summed E-state index contributed by atoms with van der Waals surface area (Å²) in [6, 6.07) is 3.97. The van der Waals surface area contributed by atoms with Crippen LogP contribution in [0.2, 0.25) is 0 Å². The van der Waals surface area contributed by atoms with E-state index >= 15 is 0 Å². The standard InChI is InChI=1S/C23H29N7O2/c1-3-32-22-18(11-15-13-30(2)10-8-16(15)27-22)28-23-25-12-14-7-9-24-21(20(14)29-23)26-17-5-4-6-19(17)31/h7,9,11-12,17,19,31H,3-6,8,10,13H2,1-2H3,(H,24,26)(H,25,28,29)/t17-,19-/m1/s1. The van der Waals surface area contributed by atoms with Crippen molar-refractivity contribution in [3.8, 4) is 5.88 Å². The summed E-state index contributed by atoms with van der Waals surface area (Å²) in [7, 11) is 2.11. The predicted molar refractivity (Wildman–Crippen MR) is 123 cm³/mol. The lowest BCUT2D eigenvalue weighted by atomic mass is 10.1. The molecule has 4 heterocycles. The molecule has 1 aliphatic carbocycles. The number of nitrogens with one attached hydrogen (secondary N) is 2. The van der Waals surface area contributed by atoms with Crippen LogP contribution in [0.15, 0.2) is 24.5 Å². The van der Waals surface area contributed by atoms with Crippen LogP contribution in [-0.2, 0) is 13.0 Å². The second kappa shape index (κ2) is 8.84. The van der Waals surface area contributed by atoms with E-state index < -0.39 is 0 Å². The van der Waals surface area contributed by atoms with Gasteiger partial charge in [-0.1, -0.05) is 0 Å². The van der Waals surface area contributed by atoms with E-state index in [1.165, 1.54) is 5.56 Å². The van der Waals surface area contributed by atoms with E-state index in [0.29, 0.717) is 29.8 Å². The molecule has 0 amide bonds. The van der Waals surface area contributed by atoms with Crippen molar-refractivity contribution in [2.45, 2.75) is 51.3 Å². The Balaban J connectivity index is 1.47. The molecule has 0 aromatic carbocycles. The van der Waals surface area contributed by atoms with Crippen molar-refractivity contribution in [1.29, 1.82) is 0 Å². The van der Waals surface area contributed by atoms with E-state index in [4.69, 9.17) is 14.7 Å². The van der Waals surface area contributed by atoms with Gasteiger partial charge in [-0.2, -0.15) is 0 Å². The van der Waals surface area contributed by atoms with Gasteiger partial charge >= 0.3 is 0 Å². The number of ether oxygens (including phenoxy) is 1. The third-order valence-electron chi connectivity index (χ3n) is 6.15. The Morgan fingerprint density at radius 3 is 2.97 bits per heavy atom. The summed E-state index contributed by atoms with van der Waals surface area (Å²) >= 11 is 0. The Labute approximate surface area is 187 Å². The number of hydrogen-bond donors (Lipinski definition) is 3. The summed E-state index contributed by atoms with van der Waals surface area (Å²) in [4.78, 5) is 20.8. The van der Waals surface area contributed by atoms with Gasteiger partial charge in [0.15, 0.2) is 5.82 Å². The average molecular weight is 436 g/mol. The SMILES string of the molecule is CCOc1nc2c(cc1Nc1ncc3ccnc(N[C@@H]4CCC[C@H]4O)c3n1)CN(C)CC2. The molecule has 5 rings (SSSR count). The molecule has 3 aromatic rings. The summed E-state index contributed by atoms with van der Waals surface area (Å²) < 4.78 is 5.82. The number of rotatable bonds is 6. The zero-order valence-corrected chi connectivity index (χ0v) is 18.5. The number of aromatic nitrogens is 4. The van der Waals surface area contributed by atoms with Crippen molar-refractivity contribution in [2.75, 3.05) is 30.8 Å². The number of likely N-dealkylation sites (N-methyl/N-ethyl adjacent to an activating group) is 1. The van der Waals surface area contributed by atoms with E-state index in [1.54, 1.807) is 12.4 Å². The smallest absolute Gasteiger partial charge is 0.238 e. The molecule has 0 saturated heterocycles. The first-order valence-electron chi connectivity index (χ1n) is 11.3. The van der Waals surface area contributed by atoms with Gasteiger partial charge in [-0.15, -0.1) is 0 Å². The number of fused-ring (bicyclic) bond motifs is 2. The molecule has 9 heteroatoms. The van der Waals surface area contributed by atoms with Gasteiger partial charge in [0.2, 0.25) is 11.8 Å². The third-order valence-corrected chi connectivity index (χ3v) is 6.15. The minimum atomic E-state index is -0.361. The Morgan fingerprint density at radius 1 is 1.25 bits per heavy atom. The maximum absolute atomic E-state index is 10.2. The number of hydrogen-bond acceptors (Lipinski definition) is 9. The largest absolute Gasteiger partial charge is 0.476 e. The fraction of sp³-hybridized carbons (Fsp3) is 0.478. The van der Waals surface area contributed by atoms with Crippen LogP contribution in [0, 0.1) is 0 Å². The molecule has 1 saturated carbocycles. The maximum Gasteiger partial charge on any atom is 0.238 e. The van der Waals surface area contributed by atoms with Crippen molar-refractivity contribution >= 4 is 28.4 Å². The number of anilines is 3. The first kappa shape index (κ1) is 20.8. The second-order valence-electron chi connectivity index (χ2n) is 8.53. The first-order valence-corrected chi connectivity index (χ1v) is 11.3. The first-order chi connectivity index (χ1) is 15.6. The molecule has 0 bridgehead atoms. The number of nitrogens with zero attached hydrogens (tertiary/aromatic N) is 5. The van der Waals surface area contributed by atoms with Crippen molar-refractivity contribution in [3.05, 3.63) is 35.8 Å². The molecule has 168 valence electrons. The minimum Gasteiger partial charge on any atom is -0.476 e. The van der Waals surface area contributed by atoms with Gasteiger partial charge in [0.25, 0.3) is 0 Å². The zero-order valence-electron chi connectivity index (χ0n) is 18.5. The van der Waals surface area contributed by atoms with Gasteiger partial charge in [0.05, 0.1) is 24.4 Å². The van der Waals surface area contributed by atoms with Crippen LogP contribution in [-0.4, -0.2) is 62.3 Å². The highest BCUT2D eigenvalue weighted by atomic mass is 16.5. The molecule has 0 unspecified atom stereocenters. The fourth-order valence-corrected chi connectivity index (χ4v) is 4.46. The highest BCUT2D eigenvalue weighted by Crippen LogP contribution is 2.31. The second-order valence-corrected chi connectivity index (χ2v) is 8.53. The van der Waals surface area contributed by atoms with Gasteiger partial charge < -0.3 is 25.4 Å². The number of pyridine rings is 2. The van der Waals surface area contributed by atoms with Crippen molar-refractivity contribution in [1.82, 2.24) is 24.8 Å². The summed E-state index contributed by atoms with van der Waals surface area (Å²) in [6.07, 6.45) is 6.80. The lowest BCUT2D eigenvalue weighted by Gasteiger charge is -2.25. The number of aliphatic hydroxyl groups excluding tert-OH is 1. The van der Waals surface area contributed by atoms with Crippen LogP contribution in [0.1, 0.15) is 37.4 Å². The highest BCUT2D eigenvalue weighted by molar-refractivity contribution is 5.88. The predicted octanol–water partition coefficient (Wildman–Crippen LogP) is 2.88. The molecule has 0 spiro atoms. The van der Waals surface area contributed by atoms with Gasteiger partial charge in [0, 0.05) is 37.3 Å². The highest BCUT2D eigenvalue weighted by Gasteiger charge is 2.26. The topological polar surface area (TPSA) is 108 Å². The van der Waals surface area contributed by atoms with E-state index in [1.807, 2.05) is 13.0 Å². The molecule has 9 nitrogen and oxygen atoms in total. The van der Waals surface area contributed by atoms with Gasteiger partial charge in [-0.05, 0) is 50.9 Å². The molecule has 2 aliphatic rings. The van der Waals surface area contributed by atoms with E-state index in [0.717, 1.165) is 55.5 Å². The molecule has 1 fully saturated rings. The van der Waals surface area contributed by atoms with Gasteiger partial charge in [0.1, 0.15) is 11.2 Å². The fourth-order valence-electron chi connectivity index (χ4n) is 4.46. The Bertz CT molecular complexity index is 1120. The summed E-state index contributed by atoms with van der Waals surface area (Å²) in [5.41, 5.74) is 3.74. The summed E-state index contributed by atoms with van der Waals surface area (Å²) in [5, 5.41) is 17.8. The van der Waals surface area contributed by atoms with Crippen LogP contribution in [0.3, 0.4) is 0 Å². The molecule has 2 atom stereocenters. The quantitative estimate of drug-likeness (QED) is 0.538.